The Kier molecular flexibility index (Phi) is 3.89. The number of hydrogen-bond acceptors (Lipinski definition) is 2. The molecule has 0 saturated carbocycles. The van der Waals surface area contributed by atoms with E-state index in [1.807, 2.05) is 24.3 Å². The maximum atomic E-state index is 13.7. The van der Waals surface area contributed by atoms with Gasteiger partial charge in [-0.25, -0.2) is 8.78 Å². The molecule has 1 atom stereocenters. The largest absolute Gasteiger partial charge is 0.269 e. The third-order valence-corrected chi connectivity index (χ3v) is 4.68. The average molecular weight is 354 g/mol. The van der Waals surface area contributed by atoms with Crippen LogP contribution in [0.15, 0.2) is 51.9 Å². The Hall–Kier alpha value is -1.20. The number of nitrogens with zero attached hydrogens (tertiary/aromatic N) is 1. The zero-order chi connectivity index (χ0) is 14.1. The summed E-state index contributed by atoms with van der Waals surface area (Å²) in [5.74, 6) is -0.425. The molecule has 5 heteroatoms. The van der Waals surface area contributed by atoms with Gasteiger partial charge in [-0.1, -0.05) is 34.1 Å². The van der Waals surface area contributed by atoms with Crippen molar-refractivity contribution in [2.75, 3.05) is 5.75 Å². The van der Waals surface area contributed by atoms with Gasteiger partial charge in [-0.05, 0) is 29.8 Å². The summed E-state index contributed by atoms with van der Waals surface area (Å²) in [5, 5.41) is 0.438. The minimum atomic E-state index is -0.562. The van der Waals surface area contributed by atoms with Gasteiger partial charge in [-0.3, -0.25) is 4.99 Å². The molecule has 1 heterocycles. The van der Waals surface area contributed by atoms with Crippen LogP contribution in [0.3, 0.4) is 0 Å². The van der Waals surface area contributed by atoms with E-state index in [-0.39, 0.29) is 11.6 Å². The highest BCUT2D eigenvalue weighted by Crippen LogP contribution is 2.34. The summed E-state index contributed by atoms with van der Waals surface area (Å²) in [6.45, 7) is 0. The Bertz CT molecular complexity index is 650. The van der Waals surface area contributed by atoms with Crippen LogP contribution in [-0.2, 0) is 0 Å². The van der Waals surface area contributed by atoms with Crippen molar-refractivity contribution < 1.29 is 8.78 Å². The van der Waals surface area contributed by atoms with Gasteiger partial charge in [0, 0.05) is 10.2 Å². The number of rotatable bonds is 2. The van der Waals surface area contributed by atoms with E-state index in [1.54, 1.807) is 0 Å². The van der Waals surface area contributed by atoms with Crippen molar-refractivity contribution >= 4 is 32.7 Å². The number of aliphatic imine (C=N–C) groups is 1. The van der Waals surface area contributed by atoms with Crippen LogP contribution < -0.4 is 0 Å². The minimum absolute atomic E-state index is 0.0166. The smallest absolute Gasteiger partial charge is 0.136 e. The Labute approximate surface area is 128 Å². The molecule has 1 unspecified atom stereocenters. The van der Waals surface area contributed by atoms with Gasteiger partial charge in [0.15, 0.2) is 0 Å². The van der Waals surface area contributed by atoms with E-state index in [0.29, 0.717) is 10.8 Å². The number of halogens is 3. The summed E-state index contributed by atoms with van der Waals surface area (Å²) in [5.41, 5.74) is 1.03. The van der Waals surface area contributed by atoms with Gasteiger partial charge < -0.3 is 0 Å². The fraction of sp³-hybridized carbons (Fsp3) is 0.133. The molecule has 2 aromatic rings. The molecule has 1 nitrogen and oxygen atoms in total. The van der Waals surface area contributed by atoms with Gasteiger partial charge in [0.2, 0.25) is 0 Å². The van der Waals surface area contributed by atoms with Crippen molar-refractivity contribution in [3.63, 3.8) is 0 Å². The summed E-state index contributed by atoms with van der Waals surface area (Å²) < 4.78 is 28.5. The van der Waals surface area contributed by atoms with Gasteiger partial charge >= 0.3 is 0 Å². The predicted molar refractivity (Wildman–Crippen MR) is 82.2 cm³/mol. The Morgan fingerprint density at radius 2 is 1.70 bits per heavy atom. The number of benzene rings is 2. The molecule has 0 radical (unpaired) electrons. The first-order valence-electron chi connectivity index (χ1n) is 6.05. The first-order chi connectivity index (χ1) is 9.65. The van der Waals surface area contributed by atoms with E-state index in [2.05, 4.69) is 20.9 Å². The topological polar surface area (TPSA) is 12.4 Å². The molecule has 1 aliphatic heterocycles. The van der Waals surface area contributed by atoms with Gasteiger partial charge in [0.05, 0.1) is 11.6 Å². The summed E-state index contributed by atoms with van der Waals surface area (Å²) in [6, 6.07) is 11.7. The summed E-state index contributed by atoms with van der Waals surface area (Å²) in [7, 11) is 0. The third kappa shape index (κ3) is 2.65. The summed E-state index contributed by atoms with van der Waals surface area (Å²) in [4.78, 5) is 4.46. The lowest BCUT2D eigenvalue weighted by atomic mass is 10.1. The first-order valence-corrected chi connectivity index (χ1v) is 7.83. The fourth-order valence-electron chi connectivity index (χ4n) is 2.07. The Morgan fingerprint density at radius 3 is 2.35 bits per heavy atom. The summed E-state index contributed by atoms with van der Waals surface area (Å²) in [6.07, 6.45) is 0. The average Bonchev–Trinajstić information content (AvgIpc) is 2.89. The van der Waals surface area contributed by atoms with Crippen LogP contribution in [-0.4, -0.2) is 10.8 Å². The zero-order valence-electron chi connectivity index (χ0n) is 10.3. The molecule has 102 valence electrons. The molecule has 2 aromatic carbocycles. The van der Waals surface area contributed by atoms with E-state index >= 15 is 0 Å². The molecule has 0 aromatic heterocycles. The van der Waals surface area contributed by atoms with Crippen molar-refractivity contribution in [3.05, 3.63) is 69.7 Å². The van der Waals surface area contributed by atoms with Crippen molar-refractivity contribution in [2.45, 2.75) is 6.04 Å². The van der Waals surface area contributed by atoms with E-state index in [4.69, 9.17) is 0 Å². The maximum absolute atomic E-state index is 13.7. The minimum Gasteiger partial charge on any atom is -0.269 e. The molecular weight excluding hydrogens is 344 g/mol. The molecule has 20 heavy (non-hydrogen) atoms. The molecule has 3 rings (SSSR count). The van der Waals surface area contributed by atoms with Crippen molar-refractivity contribution in [1.29, 1.82) is 0 Å². The Balaban J connectivity index is 1.94. The molecule has 0 amide bonds. The molecule has 0 N–H and O–H groups in total. The first kappa shape index (κ1) is 13.8. The lowest BCUT2D eigenvalue weighted by Gasteiger charge is -2.05. The van der Waals surface area contributed by atoms with Crippen LogP contribution >= 0.6 is 27.7 Å². The van der Waals surface area contributed by atoms with Crippen LogP contribution in [0.2, 0.25) is 0 Å². The van der Waals surface area contributed by atoms with Gasteiger partial charge in [-0.15, -0.1) is 11.8 Å². The molecule has 0 aliphatic carbocycles. The predicted octanol–water partition coefficient (Wildman–Crippen LogP) is 4.96. The zero-order valence-corrected chi connectivity index (χ0v) is 12.7. The second kappa shape index (κ2) is 5.66. The standard InChI is InChI=1S/C15H10BrF2NS/c16-10-6-4-9(5-7-10)13-8-20-15(19-13)14-11(17)2-1-3-12(14)18/h1-7,13H,8H2. The SMILES string of the molecule is Fc1cccc(F)c1C1=NC(c2ccc(Br)cc2)CS1. The molecule has 0 spiro atoms. The highest BCUT2D eigenvalue weighted by molar-refractivity contribution is 9.10. The maximum Gasteiger partial charge on any atom is 0.136 e. The third-order valence-electron chi connectivity index (χ3n) is 3.08. The summed E-state index contributed by atoms with van der Waals surface area (Å²) >= 11 is 4.77. The Morgan fingerprint density at radius 1 is 1.05 bits per heavy atom. The number of hydrogen-bond donors (Lipinski definition) is 0. The van der Waals surface area contributed by atoms with E-state index in [0.717, 1.165) is 10.0 Å². The van der Waals surface area contributed by atoms with Crippen LogP contribution in [0, 0.1) is 11.6 Å². The molecule has 0 saturated heterocycles. The van der Waals surface area contributed by atoms with Crippen molar-refractivity contribution in [3.8, 4) is 0 Å². The molecule has 0 fully saturated rings. The van der Waals surface area contributed by atoms with Gasteiger partial charge in [0.25, 0.3) is 0 Å². The normalized spacial score (nSPS) is 18.1. The quantitative estimate of drug-likeness (QED) is 0.742. The number of thioether (sulfide) groups is 1. The van der Waals surface area contributed by atoms with Crippen molar-refractivity contribution in [1.82, 2.24) is 0 Å². The van der Waals surface area contributed by atoms with E-state index < -0.39 is 11.6 Å². The molecule has 0 bridgehead atoms. The van der Waals surface area contributed by atoms with Crippen LogP contribution in [0.1, 0.15) is 17.2 Å². The highest BCUT2D eigenvalue weighted by Gasteiger charge is 2.24. The van der Waals surface area contributed by atoms with Gasteiger partial charge in [-0.2, -0.15) is 0 Å². The lowest BCUT2D eigenvalue weighted by molar-refractivity contribution is 0.579. The van der Waals surface area contributed by atoms with E-state index in [9.17, 15) is 8.78 Å². The second-order valence-corrected chi connectivity index (χ2v) is 6.33. The lowest BCUT2D eigenvalue weighted by Crippen LogP contribution is -2.00. The van der Waals surface area contributed by atoms with Crippen LogP contribution in [0.5, 0.6) is 0 Å². The monoisotopic (exact) mass is 353 g/mol. The fourth-order valence-corrected chi connectivity index (χ4v) is 3.46. The van der Waals surface area contributed by atoms with Crippen LogP contribution in [0.4, 0.5) is 8.78 Å². The van der Waals surface area contributed by atoms with Gasteiger partial charge in [0.1, 0.15) is 16.7 Å². The van der Waals surface area contributed by atoms with Crippen LogP contribution in [0.25, 0.3) is 0 Å². The highest BCUT2D eigenvalue weighted by atomic mass is 79.9. The molecular formula is C15H10BrF2NS. The second-order valence-electron chi connectivity index (χ2n) is 4.41. The molecule has 1 aliphatic rings. The van der Waals surface area contributed by atoms with Crippen molar-refractivity contribution in [2.24, 2.45) is 4.99 Å². The van der Waals surface area contributed by atoms with E-state index in [1.165, 1.54) is 30.0 Å².